The van der Waals surface area contributed by atoms with E-state index in [9.17, 15) is 4.79 Å². The van der Waals surface area contributed by atoms with Crippen LogP contribution in [0.15, 0.2) is 28.1 Å². The highest BCUT2D eigenvalue weighted by Crippen LogP contribution is 2.38. The van der Waals surface area contributed by atoms with Crippen molar-refractivity contribution in [1.29, 1.82) is 0 Å². The Labute approximate surface area is 186 Å². The molecule has 3 aromatic rings. The van der Waals surface area contributed by atoms with E-state index in [1.807, 2.05) is 43.3 Å². The molecule has 0 spiro atoms. The SMILES string of the molecule is COc1cc2nc(N(CCN(C)C)C(=O)c3ccc(Br)s3)sc2cc1OC.Cl. The smallest absolute Gasteiger partial charge is 0.270 e. The number of fused-ring (bicyclic) bond motifs is 1. The zero-order valence-corrected chi connectivity index (χ0v) is 19.9. The normalized spacial score (nSPS) is 10.8. The largest absolute Gasteiger partial charge is 0.493 e. The first kappa shape index (κ1) is 22.9. The van der Waals surface area contributed by atoms with E-state index in [-0.39, 0.29) is 18.3 Å². The van der Waals surface area contributed by atoms with Crippen LogP contribution >= 0.6 is 51.0 Å². The number of ether oxygens (including phenoxy) is 2. The lowest BCUT2D eigenvalue weighted by Gasteiger charge is -2.21. The van der Waals surface area contributed by atoms with Crippen molar-refractivity contribution in [3.8, 4) is 11.5 Å². The number of carbonyl (C=O) groups excluding carboxylic acids is 1. The summed E-state index contributed by atoms with van der Waals surface area (Å²) in [6.45, 7) is 1.29. The van der Waals surface area contributed by atoms with Crippen LogP contribution in [-0.4, -0.2) is 57.2 Å². The number of thiophene rings is 1. The van der Waals surface area contributed by atoms with E-state index in [0.717, 1.165) is 20.5 Å². The van der Waals surface area contributed by atoms with E-state index in [1.54, 1.807) is 19.1 Å². The first-order chi connectivity index (χ1) is 12.9. The molecule has 0 saturated carbocycles. The Morgan fingerprint density at radius 3 is 2.36 bits per heavy atom. The highest BCUT2D eigenvalue weighted by Gasteiger charge is 2.23. The Balaban J connectivity index is 0.00000280. The Morgan fingerprint density at radius 1 is 1.11 bits per heavy atom. The van der Waals surface area contributed by atoms with Gasteiger partial charge in [0, 0.05) is 25.2 Å². The maximum absolute atomic E-state index is 13.1. The van der Waals surface area contributed by atoms with Crippen molar-refractivity contribution < 1.29 is 14.3 Å². The third-order valence-corrected chi connectivity index (χ3v) is 6.57. The van der Waals surface area contributed by atoms with E-state index >= 15 is 0 Å². The van der Waals surface area contributed by atoms with Gasteiger partial charge in [0.15, 0.2) is 16.6 Å². The van der Waals surface area contributed by atoms with Gasteiger partial charge in [-0.05, 0) is 42.2 Å². The van der Waals surface area contributed by atoms with Crippen molar-refractivity contribution in [1.82, 2.24) is 9.88 Å². The molecule has 0 bridgehead atoms. The van der Waals surface area contributed by atoms with Crippen LogP contribution in [-0.2, 0) is 0 Å². The molecular formula is C18H21BrClN3O3S2. The molecule has 0 aliphatic heterocycles. The Hall–Kier alpha value is -1.39. The minimum Gasteiger partial charge on any atom is -0.493 e. The van der Waals surface area contributed by atoms with Gasteiger partial charge in [-0.2, -0.15) is 0 Å². The fraction of sp³-hybridized carbons (Fsp3) is 0.333. The number of hydrogen-bond acceptors (Lipinski definition) is 7. The summed E-state index contributed by atoms with van der Waals surface area (Å²) in [5.41, 5.74) is 0.780. The van der Waals surface area contributed by atoms with Crippen LogP contribution in [0.2, 0.25) is 0 Å². The first-order valence-electron chi connectivity index (χ1n) is 8.17. The lowest BCUT2D eigenvalue weighted by Crippen LogP contribution is -2.36. The topological polar surface area (TPSA) is 54.9 Å². The number of rotatable bonds is 7. The number of benzene rings is 1. The van der Waals surface area contributed by atoms with Crippen molar-refractivity contribution in [2.24, 2.45) is 0 Å². The number of methoxy groups -OCH3 is 2. The zero-order valence-electron chi connectivity index (χ0n) is 15.9. The molecule has 2 aromatic heterocycles. The molecule has 152 valence electrons. The molecule has 3 rings (SSSR count). The quantitative estimate of drug-likeness (QED) is 0.462. The van der Waals surface area contributed by atoms with Crippen LogP contribution in [0.5, 0.6) is 11.5 Å². The summed E-state index contributed by atoms with van der Waals surface area (Å²) in [7, 11) is 7.17. The monoisotopic (exact) mass is 505 g/mol. The van der Waals surface area contributed by atoms with Crippen molar-refractivity contribution in [3.05, 3.63) is 32.9 Å². The molecule has 1 aromatic carbocycles. The van der Waals surface area contributed by atoms with Gasteiger partial charge in [-0.3, -0.25) is 9.69 Å². The second-order valence-corrected chi connectivity index (χ2v) is 9.51. The van der Waals surface area contributed by atoms with Gasteiger partial charge in [-0.1, -0.05) is 11.3 Å². The second kappa shape index (κ2) is 9.89. The molecule has 2 heterocycles. The molecule has 28 heavy (non-hydrogen) atoms. The summed E-state index contributed by atoms with van der Waals surface area (Å²) < 4.78 is 12.6. The molecule has 6 nitrogen and oxygen atoms in total. The van der Waals surface area contributed by atoms with Crippen molar-refractivity contribution in [2.45, 2.75) is 0 Å². The summed E-state index contributed by atoms with van der Waals surface area (Å²) in [5.74, 6) is 1.22. The molecule has 0 radical (unpaired) electrons. The van der Waals surface area contributed by atoms with Crippen LogP contribution in [0.25, 0.3) is 10.2 Å². The number of nitrogens with zero attached hydrogens (tertiary/aromatic N) is 3. The molecule has 0 fully saturated rings. The zero-order chi connectivity index (χ0) is 19.6. The lowest BCUT2D eigenvalue weighted by atomic mass is 10.3. The van der Waals surface area contributed by atoms with Crippen LogP contribution in [0.4, 0.5) is 5.13 Å². The van der Waals surface area contributed by atoms with Crippen molar-refractivity contribution >= 4 is 72.3 Å². The highest BCUT2D eigenvalue weighted by atomic mass is 79.9. The predicted molar refractivity (Wildman–Crippen MR) is 122 cm³/mol. The van der Waals surface area contributed by atoms with E-state index in [2.05, 4.69) is 15.9 Å². The number of hydrogen-bond donors (Lipinski definition) is 0. The van der Waals surface area contributed by atoms with Gasteiger partial charge in [-0.25, -0.2) is 4.98 Å². The molecule has 0 saturated heterocycles. The number of halogens is 2. The predicted octanol–water partition coefficient (Wildman–Crippen LogP) is 4.77. The number of amides is 1. The summed E-state index contributed by atoms with van der Waals surface area (Å²) in [6.07, 6.45) is 0. The minimum atomic E-state index is -0.0504. The standard InChI is InChI=1S/C18H20BrN3O3S2.ClH/c1-21(2)7-8-22(17(23)14-5-6-16(19)26-14)18-20-11-9-12(24-3)13(25-4)10-15(11)27-18;/h5-6,9-10H,7-8H2,1-4H3;1H. The highest BCUT2D eigenvalue weighted by molar-refractivity contribution is 9.11. The van der Waals surface area contributed by atoms with Crippen molar-refractivity contribution in [2.75, 3.05) is 46.3 Å². The van der Waals surface area contributed by atoms with E-state index in [1.165, 1.54) is 22.7 Å². The Morgan fingerprint density at radius 2 is 1.79 bits per heavy atom. The third-order valence-electron chi connectivity index (χ3n) is 3.91. The average molecular weight is 507 g/mol. The molecule has 0 atom stereocenters. The van der Waals surface area contributed by atoms with Gasteiger partial charge in [0.25, 0.3) is 5.91 Å². The summed E-state index contributed by atoms with van der Waals surface area (Å²) in [5, 5.41) is 0.664. The van der Waals surface area contributed by atoms with E-state index in [0.29, 0.717) is 28.1 Å². The number of thiazole rings is 1. The first-order valence-corrected chi connectivity index (χ1v) is 10.6. The van der Waals surface area contributed by atoms with Gasteiger partial charge in [-0.15, -0.1) is 23.7 Å². The number of likely N-dealkylation sites (N-methyl/N-ethyl adjacent to an activating group) is 1. The average Bonchev–Trinajstić information content (AvgIpc) is 3.25. The van der Waals surface area contributed by atoms with Gasteiger partial charge in [0.1, 0.15) is 0 Å². The summed E-state index contributed by atoms with van der Waals surface area (Å²) in [6, 6.07) is 7.45. The van der Waals surface area contributed by atoms with Gasteiger partial charge in [0.05, 0.1) is 33.1 Å². The summed E-state index contributed by atoms with van der Waals surface area (Å²) >= 11 is 6.32. The molecule has 0 aliphatic rings. The van der Waals surface area contributed by atoms with E-state index < -0.39 is 0 Å². The number of anilines is 1. The van der Waals surface area contributed by atoms with Crippen LogP contribution in [0.3, 0.4) is 0 Å². The van der Waals surface area contributed by atoms with Gasteiger partial charge >= 0.3 is 0 Å². The van der Waals surface area contributed by atoms with Crippen LogP contribution in [0.1, 0.15) is 9.67 Å². The lowest BCUT2D eigenvalue weighted by molar-refractivity contribution is 0.0989. The molecule has 0 aliphatic carbocycles. The van der Waals surface area contributed by atoms with Crippen LogP contribution in [0, 0.1) is 0 Å². The van der Waals surface area contributed by atoms with Crippen molar-refractivity contribution in [3.63, 3.8) is 0 Å². The molecule has 10 heteroatoms. The third kappa shape index (κ3) is 4.96. The maximum Gasteiger partial charge on any atom is 0.270 e. The Bertz CT molecular complexity index is 920. The second-order valence-electron chi connectivity index (χ2n) is 6.04. The fourth-order valence-corrected chi connectivity index (χ4v) is 4.84. The van der Waals surface area contributed by atoms with Gasteiger partial charge < -0.3 is 14.4 Å². The van der Waals surface area contributed by atoms with E-state index in [4.69, 9.17) is 14.5 Å². The molecule has 0 unspecified atom stereocenters. The minimum absolute atomic E-state index is 0. The molecular weight excluding hydrogens is 486 g/mol. The molecule has 0 N–H and O–H groups in total. The number of aromatic nitrogens is 1. The van der Waals surface area contributed by atoms with Crippen LogP contribution < -0.4 is 14.4 Å². The maximum atomic E-state index is 13.1. The number of carbonyl (C=O) groups is 1. The molecule has 1 amide bonds. The Kier molecular flexibility index (Phi) is 8.08. The summed E-state index contributed by atoms with van der Waals surface area (Å²) in [4.78, 5) is 22.3. The fourth-order valence-electron chi connectivity index (χ4n) is 2.50. The van der Waals surface area contributed by atoms with Gasteiger partial charge in [0.2, 0.25) is 0 Å².